The first-order valence-corrected chi connectivity index (χ1v) is 7.59. The molecule has 0 aromatic carbocycles. The molecule has 0 unspecified atom stereocenters. The van der Waals surface area contributed by atoms with E-state index in [-0.39, 0.29) is 6.04 Å². The van der Waals surface area contributed by atoms with Crippen LogP contribution in [0.1, 0.15) is 18.5 Å². The van der Waals surface area contributed by atoms with E-state index in [2.05, 4.69) is 10.3 Å². The molecular formula is C14H17F3N4S. The summed E-state index contributed by atoms with van der Waals surface area (Å²) in [6, 6.07) is 2.99. The second-order valence-corrected chi connectivity index (χ2v) is 6.37. The monoisotopic (exact) mass is 330 g/mol. The number of hydrogen-bond acceptors (Lipinski definition) is 3. The van der Waals surface area contributed by atoms with Gasteiger partial charge in [-0.25, -0.2) is 0 Å². The van der Waals surface area contributed by atoms with Gasteiger partial charge in [0.2, 0.25) is 0 Å². The molecule has 1 saturated heterocycles. The minimum atomic E-state index is -4.42. The summed E-state index contributed by atoms with van der Waals surface area (Å²) < 4.78 is 38.4. The van der Waals surface area contributed by atoms with Crippen molar-refractivity contribution >= 4 is 23.0 Å². The Morgan fingerprint density at radius 3 is 2.50 bits per heavy atom. The number of alkyl halides is 3. The van der Waals surface area contributed by atoms with Crippen molar-refractivity contribution in [2.24, 2.45) is 17.6 Å². The standard InChI is InChI=1S/C14H17F3N4S/c15-14(16,17)11-5-10(3-4-19-11)21-6-8-1-2-9(7-21)12(8)20-13(18)22/h3-5,8-9,12H,1-2,6-7H2,(H3,18,20,22)/t8-,9-/m1/s1. The molecule has 1 saturated carbocycles. The van der Waals surface area contributed by atoms with Crippen molar-refractivity contribution in [2.75, 3.05) is 18.0 Å². The topological polar surface area (TPSA) is 54.2 Å². The highest BCUT2D eigenvalue weighted by Gasteiger charge is 2.42. The van der Waals surface area contributed by atoms with Crippen molar-refractivity contribution in [3.8, 4) is 0 Å². The second kappa shape index (κ2) is 5.57. The van der Waals surface area contributed by atoms with Crippen LogP contribution in [0.2, 0.25) is 0 Å². The third kappa shape index (κ3) is 2.97. The average molecular weight is 330 g/mol. The van der Waals surface area contributed by atoms with Crippen LogP contribution in [0.5, 0.6) is 0 Å². The molecule has 2 aliphatic rings. The Hall–Kier alpha value is -1.57. The zero-order valence-electron chi connectivity index (χ0n) is 11.8. The molecule has 2 heterocycles. The van der Waals surface area contributed by atoms with Crippen molar-refractivity contribution in [1.82, 2.24) is 10.3 Å². The predicted octanol–water partition coefficient (Wildman–Crippen LogP) is 2.15. The van der Waals surface area contributed by atoms with Crippen LogP contribution in [0.25, 0.3) is 0 Å². The maximum atomic E-state index is 12.8. The fourth-order valence-corrected chi connectivity index (χ4v) is 3.74. The molecule has 120 valence electrons. The number of halogens is 3. The summed E-state index contributed by atoms with van der Waals surface area (Å²) >= 11 is 4.91. The molecule has 3 rings (SSSR count). The number of fused-ring (bicyclic) bond motifs is 2. The fraction of sp³-hybridized carbons (Fsp3) is 0.571. The van der Waals surface area contributed by atoms with Gasteiger partial charge in [-0.2, -0.15) is 13.2 Å². The Morgan fingerprint density at radius 1 is 1.32 bits per heavy atom. The predicted molar refractivity (Wildman–Crippen MR) is 81.4 cm³/mol. The molecular weight excluding hydrogens is 313 g/mol. The summed E-state index contributed by atoms with van der Waals surface area (Å²) in [6.45, 7) is 1.41. The Labute approximate surface area is 131 Å². The number of nitrogens with two attached hydrogens (primary N) is 1. The highest BCUT2D eigenvalue weighted by Crippen LogP contribution is 2.39. The van der Waals surface area contributed by atoms with Crippen molar-refractivity contribution in [3.63, 3.8) is 0 Å². The third-order valence-corrected chi connectivity index (χ3v) is 4.66. The van der Waals surface area contributed by atoms with Gasteiger partial charge in [-0.1, -0.05) is 0 Å². The third-order valence-electron chi connectivity index (χ3n) is 4.54. The van der Waals surface area contributed by atoms with Crippen molar-refractivity contribution < 1.29 is 13.2 Å². The quantitative estimate of drug-likeness (QED) is 0.814. The van der Waals surface area contributed by atoms with Crippen molar-refractivity contribution in [1.29, 1.82) is 0 Å². The van der Waals surface area contributed by atoms with Gasteiger partial charge in [0.1, 0.15) is 5.69 Å². The van der Waals surface area contributed by atoms with E-state index in [1.807, 2.05) is 4.90 Å². The molecule has 1 aromatic heterocycles. The first-order chi connectivity index (χ1) is 10.3. The lowest BCUT2D eigenvalue weighted by molar-refractivity contribution is -0.141. The number of pyridine rings is 1. The van der Waals surface area contributed by atoms with Gasteiger partial charge in [-0.3, -0.25) is 4.98 Å². The van der Waals surface area contributed by atoms with E-state index in [0.29, 0.717) is 35.7 Å². The van der Waals surface area contributed by atoms with Gasteiger partial charge in [-0.05, 0) is 49.0 Å². The normalized spacial score (nSPS) is 27.8. The summed E-state index contributed by atoms with van der Waals surface area (Å²) in [4.78, 5) is 5.43. The molecule has 0 spiro atoms. The Balaban J connectivity index is 1.77. The Kier molecular flexibility index (Phi) is 3.88. The number of nitrogens with zero attached hydrogens (tertiary/aromatic N) is 2. The van der Waals surface area contributed by atoms with Gasteiger partial charge in [0.15, 0.2) is 5.11 Å². The van der Waals surface area contributed by atoms with E-state index in [0.717, 1.165) is 18.9 Å². The first-order valence-electron chi connectivity index (χ1n) is 7.19. The number of nitrogens with one attached hydrogen (secondary N) is 1. The van der Waals surface area contributed by atoms with E-state index in [1.54, 1.807) is 6.07 Å². The van der Waals surface area contributed by atoms with E-state index in [4.69, 9.17) is 18.0 Å². The van der Waals surface area contributed by atoms with Crippen LogP contribution in [0.4, 0.5) is 18.9 Å². The van der Waals surface area contributed by atoms with Crippen LogP contribution < -0.4 is 16.0 Å². The minimum absolute atomic E-state index is 0.234. The Bertz CT molecular complexity index is 563. The molecule has 1 aliphatic carbocycles. The maximum Gasteiger partial charge on any atom is 0.433 e. The molecule has 0 amide bonds. The van der Waals surface area contributed by atoms with E-state index >= 15 is 0 Å². The molecule has 22 heavy (non-hydrogen) atoms. The highest BCUT2D eigenvalue weighted by atomic mass is 32.1. The van der Waals surface area contributed by atoms with Crippen LogP contribution in [0.3, 0.4) is 0 Å². The maximum absolute atomic E-state index is 12.8. The highest BCUT2D eigenvalue weighted by molar-refractivity contribution is 7.80. The molecule has 3 N–H and O–H groups in total. The lowest BCUT2D eigenvalue weighted by atomic mass is 9.92. The summed E-state index contributed by atoms with van der Waals surface area (Å²) in [7, 11) is 0. The summed E-state index contributed by atoms with van der Waals surface area (Å²) in [5, 5.41) is 3.43. The molecule has 2 fully saturated rings. The Morgan fingerprint density at radius 2 is 1.95 bits per heavy atom. The van der Waals surface area contributed by atoms with Crippen LogP contribution in [0.15, 0.2) is 18.3 Å². The fourth-order valence-electron chi connectivity index (χ4n) is 3.60. The van der Waals surface area contributed by atoms with Gasteiger partial charge in [0.05, 0.1) is 0 Å². The van der Waals surface area contributed by atoms with E-state index in [9.17, 15) is 13.2 Å². The van der Waals surface area contributed by atoms with Crippen LogP contribution in [-0.2, 0) is 6.18 Å². The number of piperidine rings is 1. The van der Waals surface area contributed by atoms with Crippen molar-refractivity contribution in [2.45, 2.75) is 25.1 Å². The van der Waals surface area contributed by atoms with Gasteiger partial charge in [0, 0.05) is 31.0 Å². The SMILES string of the molecule is NC(=S)NC1[C@@H]2CC[C@@H]1CN(c1ccnc(C(F)(F)F)c1)C2. The number of thiocarbonyl (C=S) groups is 1. The minimum Gasteiger partial charge on any atom is -0.376 e. The lowest BCUT2D eigenvalue weighted by Crippen LogP contribution is -2.53. The van der Waals surface area contributed by atoms with Crippen molar-refractivity contribution in [3.05, 3.63) is 24.0 Å². The lowest BCUT2D eigenvalue weighted by Gasteiger charge is -2.39. The van der Waals surface area contributed by atoms with Gasteiger partial charge >= 0.3 is 6.18 Å². The summed E-state index contributed by atoms with van der Waals surface area (Å²) in [5.41, 5.74) is 5.29. The number of hydrogen-bond donors (Lipinski definition) is 2. The number of anilines is 1. The molecule has 1 aliphatic heterocycles. The molecule has 1 aromatic rings. The number of aromatic nitrogens is 1. The van der Waals surface area contributed by atoms with Gasteiger partial charge < -0.3 is 16.0 Å². The van der Waals surface area contributed by atoms with E-state index < -0.39 is 11.9 Å². The molecule has 0 radical (unpaired) electrons. The summed E-state index contributed by atoms with van der Waals surface area (Å²) in [6.07, 6.45) is -1.11. The molecule has 2 atom stereocenters. The smallest absolute Gasteiger partial charge is 0.376 e. The van der Waals surface area contributed by atoms with E-state index in [1.165, 1.54) is 6.20 Å². The second-order valence-electron chi connectivity index (χ2n) is 5.93. The van der Waals surface area contributed by atoms with Crippen LogP contribution in [-0.4, -0.2) is 29.2 Å². The largest absolute Gasteiger partial charge is 0.433 e. The molecule has 8 heteroatoms. The zero-order chi connectivity index (χ0) is 15.9. The zero-order valence-corrected chi connectivity index (χ0v) is 12.6. The molecule has 4 nitrogen and oxygen atoms in total. The summed E-state index contributed by atoms with van der Waals surface area (Å²) in [5.74, 6) is 0.700. The van der Waals surface area contributed by atoms with Gasteiger partial charge in [-0.15, -0.1) is 0 Å². The van der Waals surface area contributed by atoms with Crippen LogP contribution >= 0.6 is 12.2 Å². The van der Waals surface area contributed by atoms with Gasteiger partial charge in [0.25, 0.3) is 0 Å². The first kappa shape index (κ1) is 15.3. The average Bonchev–Trinajstić information content (AvgIpc) is 2.69. The molecule has 2 bridgehead atoms. The number of rotatable bonds is 2. The van der Waals surface area contributed by atoms with Crippen LogP contribution in [0, 0.1) is 11.8 Å².